The minimum absolute atomic E-state index is 0.0679. The average Bonchev–Trinajstić information content (AvgIpc) is 2.87. The Hall–Kier alpha value is -2.87. The van der Waals surface area contributed by atoms with Crippen LogP contribution in [0, 0.1) is 0 Å². The Balaban J connectivity index is 1.50. The van der Waals surface area contributed by atoms with E-state index < -0.39 is 28.4 Å². The number of hydrogen-bond acceptors (Lipinski definition) is 5. The summed E-state index contributed by atoms with van der Waals surface area (Å²) < 4.78 is 30.9. The van der Waals surface area contributed by atoms with E-state index in [4.69, 9.17) is 4.74 Å². The molecule has 0 spiro atoms. The molecule has 2 amide bonds. The van der Waals surface area contributed by atoms with E-state index in [9.17, 15) is 18.0 Å². The maximum atomic E-state index is 12.4. The fourth-order valence-corrected chi connectivity index (χ4v) is 4.28. The second-order valence-corrected chi connectivity index (χ2v) is 7.84. The van der Waals surface area contributed by atoms with Gasteiger partial charge in [-0.2, -0.15) is 0 Å². The number of nitrogens with one attached hydrogen (secondary N) is 1. The summed E-state index contributed by atoms with van der Waals surface area (Å²) in [6.07, 6.45) is 0.943. The molecular formula is C19H20N2O5S. The lowest BCUT2D eigenvalue weighted by Crippen LogP contribution is -2.41. The number of sulfonamides is 1. The number of carbonyl (C=O) groups is 2. The lowest BCUT2D eigenvalue weighted by Gasteiger charge is -2.15. The van der Waals surface area contributed by atoms with Crippen molar-refractivity contribution in [3.05, 3.63) is 59.7 Å². The molecule has 7 nitrogen and oxygen atoms in total. The van der Waals surface area contributed by atoms with Crippen LogP contribution < -0.4 is 10.1 Å². The minimum Gasteiger partial charge on any atom is -0.492 e. The molecule has 27 heavy (non-hydrogen) atoms. The van der Waals surface area contributed by atoms with Crippen molar-refractivity contribution in [2.24, 2.45) is 0 Å². The number of hydrogen-bond donors (Lipinski definition) is 1. The third-order valence-electron chi connectivity index (χ3n) is 4.22. The van der Waals surface area contributed by atoms with Gasteiger partial charge in [-0.25, -0.2) is 12.7 Å². The zero-order valence-electron chi connectivity index (χ0n) is 14.8. The Morgan fingerprint density at radius 1 is 1.11 bits per heavy atom. The third-order valence-corrected chi connectivity index (χ3v) is 6.01. The minimum atomic E-state index is -3.98. The predicted molar refractivity (Wildman–Crippen MR) is 99.0 cm³/mol. The third kappa shape index (κ3) is 3.95. The van der Waals surface area contributed by atoms with Crippen molar-refractivity contribution in [2.75, 3.05) is 19.7 Å². The fourth-order valence-electron chi connectivity index (χ4n) is 2.75. The molecule has 8 heteroatoms. The first kappa shape index (κ1) is 18.9. The normalized spacial score (nSPS) is 14.7. The van der Waals surface area contributed by atoms with Crippen LogP contribution in [0.25, 0.3) is 0 Å². The highest BCUT2D eigenvalue weighted by molar-refractivity contribution is 7.90. The number of aryl methyl sites for hydroxylation is 1. The van der Waals surface area contributed by atoms with E-state index in [0.29, 0.717) is 10.1 Å². The second kappa shape index (κ2) is 7.79. The highest BCUT2D eigenvalue weighted by atomic mass is 32.2. The number of fused-ring (bicyclic) bond motifs is 1. The van der Waals surface area contributed by atoms with Gasteiger partial charge in [0.1, 0.15) is 23.8 Å². The summed E-state index contributed by atoms with van der Waals surface area (Å²) in [6.45, 7) is 1.94. The molecule has 0 atom stereocenters. The van der Waals surface area contributed by atoms with E-state index in [-0.39, 0.29) is 23.6 Å². The molecular weight excluding hydrogens is 368 g/mol. The Bertz CT molecular complexity index is 954. The van der Waals surface area contributed by atoms with Crippen molar-refractivity contribution >= 4 is 21.8 Å². The zero-order chi connectivity index (χ0) is 19.4. The molecule has 2 aromatic carbocycles. The van der Waals surface area contributed by atoms with E-state index in [0.717, 1.165) is 6.42 Å². The first-order valence-corrected chi connectivity index (χ1v) is 10.0. The quantitative estimate of drug-likeness (QED) is 0.727. The molecule has 1 N–H and O–H groups in total. The van der Waals surface area contributed by atoms with E-state index in [1.165, 1.54) is 23.8 Å². The maximum absolute atomic E-state index is 12.4. The van der Waals surface area contributed by atoms with Crippen LogP contribution in [0.4, 0.5) is 0 Å². The van der Waals surface area contributed by atoms with Gasteiger partial charge < -0.3 is 10.1 Å². The lowest BCUT2D eigenvalue weighted by atomic mass is 10.2. The molecule has 0 aromatic heterocycles. The Kier molecular flexibility index (Phi) is 5.46. The molecule has 142 valence electrons. The number of carbonyl (C=O) groups excluding carboxylic acids is 2. The molecule has 2 aromatic rings. The Morgan fingerprint density at radius 2 is 1.81 bits per heavy atom. The summed E-state index contributed by atoms with van der Waals surface area (Å²) in [5, 5.41) is 2.57. The van der Waals surface area contributed by atoms with E-state index in [1.807, 2.05) is 24.3 Å². The first-order valence-electron chi connectivity index (χ1n) is 8.58. The van der Waals surface area contributed by atoms with Crippen molar-refractivity contribution < 1.29 is 22.7 Å². The molecule has 1 aliphatic heterocycles. The lowest BCUT2D eigenvalue weighted by molar-refractivity contribution is -0.121. The van der Waals surface area contributed by atoms with Crippen LogP contribution in [-0.2, 0) is 21.2 Å². The SMILES string of the molecule is CCc1ccc(OCCNC(=O)CN2C(=O)c3ccccc3S2(=O)=O)cc1. The Labute approximate surface area is 158 Å². The van der Waals surface area contributed by atoms with Gasteiger partial charge in [0.05, 0.1) is 12.1 Å². The van der Waals surface area contributed by atoms with Gasteiger partial charge in [-0.3, -0.25) is 9.59 Å². The second-order valence-electron chi connectivity index (χ2n) is 6.01. The van der Waals surface area contributed by atoms with Crippen molar-refractivity contribution in [3.8, 4) is 5.75 Å². The number of ether oxygens (including phenoxy) is 1. The molecule has 0 aliphatic carbocycles. The van der Waals surface area contributed by atoms with Crippen molar-refractivity contribution in [1.29, 1.82) is 0 Å². The molecule has 0 fully saturated rings. The maximum Gasteiger partial charge on any atom is 0.269 e. The van der Waals surface area contributed by atoms with Crippen molar-refractivity contribution in [2.45, 2.75) is 18.2 Å². The van der Waals surface area contributed by atoms with Gasteiger partial charge in [0.2, 0.25) is 5.91 Å². The largest absolute Gasteiger partial charge is 0.492 e. The van der Waals surface area contributed by atoms with Crippen LogP contribution in [0.2, 0.25) is 0 Å². The standard InChI is InChI=1S/C19H20N2O5S/c1-2-14-7-9-15(10-8-14)26-12-11-20-18(22)13-21-19(23)16-5-3-4-6-17(16)27(21,24)25/h3-10H,2,11-13H2,1H3,(H,20,22). The van der Waals surface area contributed by atoms with Crippen LogP contribution in [-0.4, -0.2) is 44.2 Å². The average molecular weight is 388 g/mol. The van der Waals surface area contributed by atoms with Gasteiger partial charge >= 0.3 is 0 Å². The Morgan fingerprint density at radius 3 is 2.48 bits per heavy atom. The van der Waals surface area contributed by atoms with Crippen LogP contribution >= 0.6 is 0 Å². The molecule has 0 saturated carbocycles. The highest BCUT2D eigenvalue weighted by Crippen LogP contribution is 2.29. The summed E-state index contributed by atoms with van der Waals surface area (Å²) in [5.74, 6) is -0.563. The number of benzene rings is 2. The number of amides is 2. The van der Waals surface area contributed by atoms with Gasteiger partial charge in [-0.05, 0) is 36.2 Å². The molecule has 0 bridgehead atoms. The summed E-state index contributed by atoms with van der Waals surface area (Å²) >= 11 is 0. The smallest absolute Gasteiger partial charge is 0.269 e. The number of rotatable bonds is 7. The van der Waals surface area contributed by atoms with Gasteiger partial charge in [-0.15, -0.1) is 0 Å². The van der Waals surface area contributed by atoms with E-state index in [2.05, 4.69) is 12.2 Å². The monoisotopic (exact) mass is 388 g/mol. The molecule has 0 radical (unpaired) electrons. The van der Waals surface area contributed by atoms with Crippen LogP contribution in [0.3, 0.4) is 0 Å². The highest BCUT2D eigenvalue weighted by Gasteiger charge is 2.41. The zero-order valence-corrected chi connectivity index (χ0v) is 15.7. The summed E-state index contributed by atoms with van der Waals surface area (Å²) in [6, 6.07) is 13.6. The summed E-state index contributed by atoms with van der Waals surface area (Å²) in [7, 11) is -3.98. The van der Waals surface area contributed by atoms with Crippen LogP contribution in [0.5, 0.6) is 5.75 Å². The fraction of sp³-hybridized carbons (Fsp3) is 0.263. The summed E-state index contributed by atoms with van der Waals surface area (Å²) in [5.41, 5.74) is 1.29. The van der Waals surface area contributed by atoms with E-state index >= 15 is 0 Å². The van der Waals surface area contributed by atoms with Gasteiger partial charge in [0, 0.05) is 0 Å². The molecule has 3 rings (SSSR count). The topological polar surface area (TPSA) is 92.8 Å². The van der Waals surface area contributed by atoms with Crippen LogP contribution in [0.1, 0.15) is 22.8 Å². The molecule has 0 saturated heterocycles. The van der Waals surface area contributed by atoms with Gasteiger partial charge in [-0.1, -0.05) is 31.2 Å². The van der Waals surface area contributed by atoms with Gasteiger partial charge in [0.15, 0.2) is 0 Å². The van der Waals surface area contributed by atoms with Crippen molar-refractivity contribution in [1.82, 2.24) is 9.62 Å². The van der Waals surface area contributed by atoms with Crippen LogP contribution in [0.15, 0.2) is 53.4 Å². The molecule has 1 aliphatic rings. The molecule has 0 unspecified atom stereocenters. The van der Waals surface area contributed by atoms with Gasteiger partial charge in [0.25, 0.3) is 15.9 Å². The summed E-state index contributed by atoms with van der Waals surface area (Å²) in [4.78, 5) is 24.2. The molecule has 1 heterocycles. The predicted octanol–water partition coefficient (Wildman–Crippen LogP) is 1.59. The number of nitrogens with zero attached hydrogens (tertiary/aromatic N) is 1. The van der Waals surface area contributed by atoms with Crippen molar-refractivity contribution in [3.63, 3.8) is 0 Å². The first-order chi connectivity index (χ1) is 12.9. The van der Waals surface area contributed by atoms with E-state index in [1.54, 1.807) is 6.07 Å².